The number of nitrogens with zero attached hydrogens (tertiary/aromatic N) is 1. The number of amides is 1. The number of carbonyl (C=O) groups is 1. The van der Waals surface area contributed by atoms with Gasteiger partial charge in [-0.15, -0.1) is 0 Å². The molecule has 0 atom stereocenters. The summed E-state index contributed by atoms with van der Waals surface area (Å²) in [7, 11) is 0. The molecule has 1 amide bonds. The monoisotopic (exact) mass is 218 g/mol. The molecule has 0 radical (unpaired) electrons. The van der Waals surface area contributed by atoms with Gasteiger partial charge in [0.25, 0.3) is 0 Å². The Balaban J connectivity index is 2.59. The van der Waals surface area contributed by atoms with Crippen molar-refractivity contribution in [3.05, 3.63) is 23.3 Å². The molecule has 1 aliphatic rings. The zero-order valence-electron chi connectivity index (χ0n) is 10.3. The largest absolute Gasteiger partial charge is 0.374 e. The van der Waals surface area contributed by atoms with Gasteiger partial charge in [0.2, 0.25) is 5.91 Å². The zero-order chi connectivity index (χ0) is 11.9. The van der Waals surface area contributed by atoms with Crippen LogP contribution < -0.4 is 10.2 Å². The summed E-state index contributed by atoms with van der Waals surface area (Å²) in [6, 6.07) is 4.42. The van der Waals surface area contributed by atoms with Crippen LogP contribution in [-0.4, -0.2) is 18.5 Å². The lowest BCUT2D eigenvalue weighted by molar-refractivity contribution is -0.117. The van der Waals surface area contributed by atoms with Gasteiger partial charge in [-0.2, -0.15) is 0 Å². The first-order valence-corrected chi connectivity index (χ1v) is 5.68. The summed E-state index contributed by atoms with van der Waals surface area (Å²) < 4.78 is 0. The van der Waals surface area contributed by atoms with Crippen LogP contribution in [0.2, 0.25) is 0 Å². The van der Waals surface area contributed by atoms with E-state index in [0.29, 0.717) is 6.54 Å². The lowest BCUT2D eigenvalue weighted by Crippen LogP contribution is -2.44. The predicted octanol–water partition coefficient (Wildman–Crippen LogP) is 2.47. The molecule has 3 heteroatoms. The van der Waals surface area contributed by atoms with E-state index in [0.717, 1.165) is 16.9 Å². The molecule has 1 N–H and O–H groups in total. The van der Waals surface area contributed by atoms with Crippen LogP contribution in [0.3, 0.4) is 0 Å². The third-order valence-corrected chi connectivity index (χ3v) is 2.90. The number of rotatable bonds is 1. The van der Waals surface area contributed by atoms with E-state index in [4.69, 9.17) is 0 Å². The maximum atomic E-state index is 11.9. The topological polar surface area (TPSA) is 32.3 Å². The summed E-state index contributed by atoms with van der Waals surface area (Å²) >= 11 is 0. The molecule has 1 aliphatic heterocycles. The maximum absolute atomic E-state index is 11.9. The van der Waals surface area contributed by atoms with Crippen LogP contribution in [-0.2, 0) is 4.79 Å². The highest BCUT2D eigenvalue weighted by Gasteiger charge is 2.27. The standard InChI is InChI=1S/C13H18N2O/c1-8(2)15-12(16)7-14-11-6-9(3)5-10(4)13(11)15/h5-6,8,14H,7H2,1-4H3. The summed E-state index contributed by atoms with van der Waals surface area (Å²) in [6.07, 6.45) is 0. The van der Waals surface area contributed by atoms with Gasteiger partial charge in [0.05, 0.1) is 17.9 Å². The highest BCUT2D eigenvalue weighted by atomic mass is 16.2. The van der Waals surface area contributed by atoms with E-state index >= 15 is 0 Å². The first-order chi connectivity index (χ1) is 7.50. The van der Waals surface area contributed by atoms with Crippen LogP contribution in [0.25, 0.3) is 0 Å². The number of hydrogen-bond acceptors (Lipinski definition) is 2. The molecular weight excluding hydrogens is 200 g/mol. The van der Waals surface area contributed by atoms with Gasteiger partial charge in [-0.1, -0.05) is 6.07 Å². The van der Waals surface area contributed by atoms with Crippen molar-refractivity contribution in [2.45, 2.75) is 33.7 Å². The van der Waals surface area contributed by atoms with Crippen molar-refractivity contribution < 1.29 is 4.79 Å². The van der Waals surface area contributed by atoms with Gasteiger partial charge in [-0.25, -0.2) is 0 Å². The molecule has 0 unspecified atom stereocenters. The molecule has 0 bridgehead atoms. The van der Waals surface area contributed by atoms with E-state index in [1.807, 2.05) is 18.7 Å². The van der Waals surface area contributed by atoms with E-state index < -0.39 is 0 Å². The molecule has 16 heavy (non-hydrogen) atoms. The van der Waals surface area contributed by atoms with Crippen molar-refractivity contribution in [2.75, 3.05) is 16.8 Å². The molecule has 0 spiro atoms. The van der Waals surface area contributed by atoms with Crippen molar-refractivity contribution in [1.82, 2.24) is 0 Å². The van der Waals surface area contributed by atoms with Gasteiger partial charge in [-0.3, -0.25) is 4.79 Å². The highest BCUT2D eigenvalue weighted by molar-refractivity contribution is 6.04. The Kier molecular flexibility index (Phi) is 2.62. The minimum atomic E-state index is 0.148. The van der Waals surface area contributed by atoms with E-state index in [9.17, 15) is 4.79 Å². The highest BCUT2D eigenvalue weighted by Crippen LogP contribution is 2.35. The summed E-state index contributed by atoms with van der Waals surface area (Å²) in [4.78, 5) is 13.8. The lowest BCUT2D eigenvalue weighted by atomic mass is 10.0. The number of aryl methyl sites for hydroxylation is 2. The van der Waals surface area contributed by atoms with Gasteiger partial charge in [-0.05, 0) is 44.9 Å². The average Bonchev–Trinajstić information content (AvgIpc) is 2.18. The predicted molar refractivity (Wildman–Crippen MR) is 67.0 cm³/mol. The molecule has 1 aromatic rings. The van der Waals surface area contributed by atoms with E-state index in [1.54, 1.807) is 0 Å². The van der Waals surface area contributed by atoms with Gasteiger partial charge < -0.3 is 10.2 Å². The van der Waals surface area contributed by atoms with Gasteiger partial charge in [0, 0.05) is 6.04 Å². The fraction of sp³-hybridized carbons (Fsp3) is 0.462. The quantitative estimate of drug-likeness (QED) is 0.785. The third-order valence-electron chi connectivity index (χ3n) is 2.90. The smallest absolute Gasteiger partial charge is 0.246 e. The molecule has 2 rings (SSSR count). The summed E-state index contributed by atoms with van der Waals surface area (Å²) in [5.41, 5.74) is 4.49. The van der Waals surface area contributed by atoms with Gasteiger partial charge in [0.15, 0.2) is 0 Å². The Bertz CT molecular complexity index is 438. The molecule has 0 saturated heterocycles. The molecule has 3 nitrogen and oxygen atoms in total. The first-order valence-electron chi connectivity index (χ1n) is 5.68. The number of nitrogens with one attached hydrogen (secondary N) is 1. The van der Waals surface area contributed by atoms with Crippen molar-refractivity contribution in [3.8, 4) is 0 Å². The normalized spacial score (nSPS) is 15.1. The number of carbonyl (C=O) groups excluding carboxylic acids is 1. The van der Waals surface area contributed by atoms with Crippen LogP contribution in [0.1, 0.15) is 25.0 Å². The summed E-state index contributed by atoms with van der Waals surface area (Å²) in [6.45, 7) is 8.62. The lowest BCUT2D eigenvalue weighted by Gasteiger charge is -2.34. The Morgan fingerprint density at radius 3 is 2.62 bits per heavy atom. The Hall–Kier alpha value is -1.51. The molecule has 0 aromatic heterocycles. The van der Waals surface area contributed by atoms with Crippen LogP contribution >= 0.6 is 0 Å². The summed E-state index contributed by atoms with van der Waals surface area (Å²) in [5, 5.41) is 3.19. The van der Waals surface area contributed by atoms with Crippen LogP contribution in [0, 0.1) is 13.8 Å². The SMILES string of the molecule is Cc1cc(C)c2c(c1)NCC(=O)N2C(C)C. The average molecular weight is 218 g/mol. The van der Waals surface area contributed by atoms with Crippen molar-refractivity contribution in [2.24, 2.45) is 0 Å². The van der Waals surface area contributed by atoms with E-state index in [-0.39, 0.29) is 11.9 Å². The minimum Gasteiger partial charge on any atom is -0.374 e. The van der Waals surface area contributed by atoms with Crippen molar-refractivity contribution >= 4 is 17.3 Å². The second kappa shape index (κ2) is 3.81. The molecule has 0 aliphatic carbocycles. The second-order valence-corrected chi connectivity index (χ2v) is 4.69. The fourth-order valence-electron chi connectivity index (χ4n) is 2.34. The van der Waals surface area contributed by atoms with Gasteiger partial charge in [0.1, 0.15) is 0 Å². The fourth-order valence-corrected chi connectivity index (χ4v) is 2.34. The number of fused-ring (bicyclic) bond motifs is 1. The molecule has 1 aromatic carbocycles. The molecule has 0 fully saturated rings. The Labute approximate surface area is 96.5 Å². The van der Waals surface area contributed by atoms with Crippen molar-refractivity contribution in [3.63, 3.8) is 0 Å². The zero-order valence-corrected chi connectivity index (χ0v) is 10.3. The second-order valence-electron chi connectivity index (χ2n) is 4.69. The number of anilines is 2. The number of benzene rings is 1. The van der Waals surface area contributed by atoms with E-state index in [2.05, 4.69) is 31.3 Å². The maximum Gasteiger partial charge on any atom is 0.246 e. The minimum absolute atomic E-state index is 0.148. The van der Waals surface area contributed by atoms with Gasteiger partial charge >= 0.3 is 0 Å². The van der Waals surface area contributed by atoms with Crippen LogP contribution in [0.4, 0.5) is 11.4 Å². The Morgan fingerprint density at radius 2 is 2.00 bits per heavy atom. The Morgan fingerprint density at radius 1 is 1.31 bits per heavy atom. The molecule has 0 saturated carbocycles. The molecule has 1 heterocycles. The van der Waals surface area contributed by atoms with Crippen LogP contribution in [0.5, 0.6) is 0 Å². The van der Waals surface area contributed by atoms with Crippen molar-refractivity contribution in [1.29, 1.82) is 0 Å². The van der Waals surface area contributed by atoms with E-state index in [1.165, 1.54) is 5.56 Å². The first kappa shape index (κ1) is 11.0. The molecule has 86 valence electrons. The number of hydrogen-bond donors (Lipinski definition) is 1. The third kappa shape index (κ3) is 1.66. The van der Waals surface area contributed by atoms with Crippen LogP contribution in [0.15, 0.2) is 12.1 Å². The summed E-state index contributed by atoms with van der Waals surface area (Å²) in [5.74, 6) is 0.148. The molecular formula is C13H18N2O.